The SMILES string of the molecule is CC[C@H](NC(=O)[C@@H]1C[C@@](C)(NC(=O)Nc2cccc(C(F)(F)F)c2)c2ncc(NCc3cccc(C(F)(F)F)c3)c(=O)n21)B1O[C@@H]2C3CC(C[C@]2(C)O1)C3(C)C. The number of aromatic nitrogens is 2. The zero-order valence-electron chi connectivity index (χ0n) is 31.4. The van der Waals surface area contributed by atoms with Crippen molar-refractivity contribution in [2.24, 2.45) is 17.3 Å². The first kappa shape index (κ1) is 39.7. The van der Waals surface area contributed by atoms with Gasteiger partial charge in [-0.25, -0.2) is 9.78 Å². The number of urea groups is 1. The maximum atomic E-state index is 14.3. The molecule has 0 radical (unpaired) electrons. The van der Waals surface area contributed by atoms with Gasteiger partial charge in [0.1, 0.15) is 17.6 Å². The number of benzene rings is 2. The Morgan fingerprint density at radius 1 is 1.00 bits per heavy atom. The summed E-state index contributed by atoms with van der Waals surface area (Å²) in [5.74, 6) is -0.450. The zero-order chi connectivity index (χ0) is 40.6. The monoisotopic (exact) mass is 788 g/mol. The van der Waals surface area contributed by atoms with Crippen LogP contribution in [0.15, 0.2) is 59.5 Å². The minimum absolute atomic E-state index is 0.0200. The summed E-state index contributed by atoms with van der Waals surface area (Å²) in [5, 5.41) is 10.9. The van der Waals surface area contributed by atoms with Crippen molar-refractivity contribution in [2.75, 3.05) is 10.6 Å². The first-order valence-corrected chi connectivity index (χ1v) is 18.5. The van der Waals surface area contributed by atoms with Gasteiger partial charge in [0.2, 0.25) is 5.91 Å². The lowest BCUT2D eigenvalue weighted by molar-refractivity contribution is -0.185. The van der Waals surface area contributed by atoms with E-state index in [9.17, 15) is 40.7 Å². The lowest BCUT2D eigenvalue weighted by atomic mass is 9.45. The molecule has 18 heteroatoms. The Bertz CT molecular complexity index is 2100. The number of carbonyl (C=O) groups is 2. The van der Waals surface area contributed by atoms with Crippen LogP contribution in [-0.4, -0.2) is 46.3 Å². The highest BCUT2D eigenvalue weighted by molar-refractivity contribution is 6.47. The van der Waals surface area contributed by atoms with Crippen molar-refractivity contribution in [2.45, 2.75) is 108 Å². The average Bonchev–Trinajstić information content (AvgIpc) is 3.63. The molecule has 2 bridgehead atoms. The third-order valence-electron chi connectivity index (χ3n) is 12.2. The van der Waals surface area contributed by atoms with Crippen molar-refractivity contribution in [3.63, 3.8) is 0 Å². The van der Waals surface area contributed by atoms with Gasteiger partial charge in [-0.1, -0.05) is 39.0 Å². The molecule has 0 spiro atoms. The van der Waals surface area contributed by atoms with Crippen LogP contribution >= 0.6 is 0 Å². The Hall–Kier alpha value is -4.58. The molecular formula is C38H43BF6N6O5. The molecule has 3 aliphatic carbocycles. The Kier molecular flexibility index (Phi) is 9.78. The van der Waals surface area contributed by atoms with Gasteiger partial charge in [-0.05, 0) is 86.3 Å². The minimum Gasteiger partial charge on any atom is -0.404 e. The molecule has 56 heavy (non-hydrogen) atoms. The molecule has 2 aromatic carbocycles. The van der Waals surface area contributed by atoms with Gasteiger partial charge in [-0.3, -0.25) is 14.2 Å². The lowest BCUT2D eigenvalue weighted by Crippen LogP contribution is -2.63. The van der Waals surface area contributed by atoms with Crippen LogP contribution in [0.3, 0.4) is 0 Å². The maximum Gasteiger partial charge on any atom is 0.481 e. The second kappa shape index (κ2) is 13.8. The van der Waals surface area contributed by atoms with Crippen molar-refractivity contribution in [1.29, 1.82) is 0 Å². The van der Waals surface area contributed by atoms with Gasteiger partial charge >= 0.3 is 25.5 Å². The molecule has 3 saturated carbocycles. The molecule has 4 N–H and O–H groups in total. The Labute approximate surface area is 319 Å². The van der Waals surface area contributed by atoms with Crippen LogP contribution in [-0.2, 0) is 38.5 Å². The van der Waals surface area contributed by atoms with Crippen LogP contribution in [0.5, 0.6) is 0 Å². The fraction of sp³-hybridized carbons (Fsp3) is 0.526. The van der Waals surface area contributed by atoms with E-state index in [0.29, 0.717) is 18.3 Å². The van der Waals surface area contributed by atoms with Crippen LogP contribution in [0.2, 0.25) is 0 Å². The summed E-state index contributed by atoms with van der Waals surface area (Å²) < 4.78 is 94.3. The fourth-order valence-corrected chi connectivity index (χ4v) is 8.97. The van der Waals surface area contributed by atoms with Crippen molar-refractivity contribution in [3.05, 3.63) is 87.6 Å². The number of hydrogen-bond acceptors (Lipinski definition) is 7. The van der Waals surface area contributed by atoms with E-state index < -0.39 is 71.2 Å². The lowest BCUT2D eigenvalue weighted by Gasteiger charge is -2.63. The highest BCUT2D eigenvalue weighted by Crippen LogP contribution is 2.64. The molecule has 1 saturated heterocycles. The molecule has 8 rings (SSSR count). The first-order valence-electron chi connectivity index (χ1n) is 18.5. The highest BCUT2D eigenvalue weighted by Gasteiger charge is 2.67. The molecule has 3 heterocycles. The molecule has 2 aliphatic heterocycles. The number of halogens is 6. The van der Waals surface area contributed by atoms with Gasteiger partial charge in [0.05, 0.1) is 40.5 Å². The van der Waals surface area contributed by atoms with Crippen molar-refractivity contribution >= 4 is 30.4 Å². The van der Waals surface area contributed by atoms with Crippen LogP contribution < -0.4 is 26.8 Å². The molecule has 1 aromatic heterocycles. The molecule has 7 atom stereocenters. The molecule has 3 amide bonds. The van der Waals surface area contributed by atoms with E-state index in [-0.39, 0.29) is 47.2 Å². The second-order valence-corrected chi connectivity index (χ2v) is 16.4. The second-order valence-electron chi connectivity index (χ2n) is 16.4. The third kappa shape index (κ3) is 7.14. The summed E-state index contributed by atoms with van der Waals surface area (Å²) in [5.41, 5.74) is -4.52. The van der Waals surface area contributed by atoms with E-state index in [1.54, 1.807) is 0 Å². The van der Waals surface area contributed by atoms with Gasteiger partial charge in [0, 0.05) is 18.7 Å². The molecule has 3 aromatic rings. The summed E-state index contributed by atoms with van der Waals surface area (Å²) >= 11 is 0. The number of rotatable bonds is 9. The van der Waals surface area contributed by atoms with Gasteiger partial charge in [0.25, 0.3) is 5.56 Å². The molecule has 4 fully saturated rings. The molecule has 5 aliphatic rings. The van der Waals surface area contributed by atoms with E-state index in [1.165, 1.54) is 25.1 Å². The number of fused-ring (bicyclic) bond motifs is 1. The topological polar surface area (TPSA) is 136 Å². The van der Waals surface area contributed by atoms with E-state index in [1.807, 2.05) is 13.8 Å². The molecular weight excluding hydrogens is 745 g/mol. The van der Waals surface area contributed by atoms with Crippen LogP contribution in [0, 0.1) is 17.3 Å². The number of alkyl halides is 6. The number of amides is 3. The quantitative estimate of drug-likeness (QED) is 0.135. The Morgan fingerprint density at radius 3 is 2.34 bits per heavy atom. The van der Waals surface area contributed by atoms with Gasteiger partial charge in [-0.15, -0.1) is 0 Å². The Morgan fingerprint density at radius 2 is 1.68 bits per heavy atom. The summed E-state index contributed by atoms with van der Waals surface area (Å²) in [6.07, 6.45) is -6.14. The largest absolute Gasteiger partial charge is 0.481 e. The van der Waals surface area contributed by atoms with Crippen molar-refractivity contribution < 1.29 is 45.2 Å². The normalized spacial score (nSPS) is 28.1. The first-order chi connectivity index (χ1) is 26.1. The molecule has 2 unspecified atom stereocenters. The zero-order valence-corrected chi connectivity index (χ0v) is 31.4. The standard InChI is InChI=1S/C38H43BF6N6O5/c1-6-28(39-55-29-25-15-23(34(25,2)3)16-36(29,5)56-39)49-30(52)27-17-35(4,50-33(54)48-24-12-8-11-22(14-24)38(43,44)45)32-47-19-26(31(53)51(27)32)46-18-20-9-7-10-21(13-20)37(40,41)42/h7-14,19,23,25,27-29,46H,6,15-18H2,1-5H3,(H,49,52)(H2,48,50,54)/t23?,25?,27-,28-,29+,35+,36-/m0/s1. The summed E-state index contributed by atoms with van der Waals surface area (Å²) in [7, 11) is -0.770. The van der Waals surface area contributed by atoms with Gasteiger partial charge < -0.3 is 30.6 Å². The Balaban J connectivity index is 1.15. The van der Waals surface area contributed by atoms with E-state index in [0.717, 1.165) is 53.9 Å². The average molecular weight is 789 g/mol. The predicted molar refractivity (Wildman–Crippen MR) is 194 cm³/mol. The van der Waals surface area contributed by atoms with Crippen LogP contribution in [0.4, 0.5) is 42.5 Å². The highest BCUT2D eigenvalue weighted by atomic mass is 19.4. The molecule has 300 valence electrons. The van der Waals surface area contributed by atoms with Crippen LogP contribution in [0.1, 0.15) is 88.9 Å². The van der Waals surface area contributed by atoms with Crippen molar-refractivity contribution in [3.8, 4) is 0 Å². The van der Waals surface area contributed by atoms with Crippen molar-refractivity contribution in [1.82, 2.24) is 20.2 Å². The number of hydrogen-bond donors (Lipinski definition) is 4. The molecule has 11 nitrogen and oxygen atoms in total. The number of carbonyl (C=O) groups excluding carboxylic acids is 2. The number of nitrogens with one attached hydrogen (secondary N) is 4. The number of nitrogens with zero attached hydrogens (tertiary/aromatic N) is 2. The number of anilines is 2. The summed E-state index contributed by atoms with van der Waals surface area (Å²) in [6, 6.07) is 6.46. The van der Waals surface area contributed by atoms with E-state index in [2.05, 4.69) is 40.1 Å². The summed E-state index contributed by atoms with van der Waals surface area (Å²) in [6.45, 7) is 9.71. The summed E-state index contributed by atoms with van der Waals surface area (Å²) in [4.78, 5) is 46.2. The smallest absolute Gasteiger partial charge is 0.404 e. The third-order valence-corrected chi connectivity index (χ3v) is 12.2. The minimum atomic E-state index is -4.65. The van der Waals surface area contributed by atoms with E-state index in [4.69, 9.17) is 9.31 Å². The maximum absolute atomic E-state index is 14.3. The van der Waals surface area contributed by atoms with Crippen LogP contribution in [0.25, 0.3) is 0 Å². The predicted octanol–water partition coefficient (Wildman–Crippen LogP) is 7.04. The fourth-order valence-electron chi connectivity index (χ4n) is 8.97. The van der Waals surface area contributed by atoms with Gasteiger partial charge in [-0.2, -0.15) is 26.3 Å². The van der Waals surface area contributed by atoms with E-state index >= 15 is 0 Å². The van der Waals surface area contributed by atoms with Gasteiger partial charge in [0.15, 0.2) is 0 Å².